The number of carbonyl (C=O) groups is 1. The van der Waals surface area contributed by atoms with E-state index >= 15 is 0 Å². The van der Waals surface area contributed by atoms with E-state index in [4.69, 9.17) is 16.3 Å². The Morgan fingerprint density at radius 2 is 2.12 bits per heavy atom. The fourth-order valence-corrected chi connectivity index (χ4v) is 3.91. The maximum absolute atomic E-state index is 12.7. The number of benzene rings is 1. The minimum Gasteiger partial charge on any atom is -0.465 e. The molecule has 0 aliphatic carbocycles. The molecule has 0 spiro atoms. The van der Waals surface area contributed by atoms with Gasteiger partial charge in [-0.1, -0.05) is 43.1 Å². The lowest BCUT2D eigenvalue weighted by atomic mass is 9.76. The Bertz CT molecular complexity index is 752. The summed E-state index contributed by atoms with van der Waals surface area (Å²) in [6, 6.07) is 9.59. The SMILES string of the molecule is CCCC1=NC(SC)=C(C#N)[C@H](c2ccccc2Cl)C1C(=O)OCC. The van der Waals surface area contributed by atoms with E-state index < -0.39 is 11.8 Å². The van der Waals surface area contributed by atoms with Crippen molar-refractivity contribution in [3.8, 4) is 6.07 Å². The molecule has 0 fully saturated rings. The van der Waals surface area contributed by atoms with Gasteiger partial charge < -0.3 is 4.74 Å². The molecule has 0 radical (unpaired) electrons. The molecule has 0 aromatic heterocycles. The largest absolute Gasteiger partial charge is 0.465 e. The van der Waals surface area contributed by atoms with Crippen LogP contribution in [0.5, 0.6) is 0 Å². The van der Waals surface area contributed by atoms with Crippen LogP contribution in [0, 0.1) is 17.2 Å². The van der Waals surface area contributed by atoms with Crippen LogP contribution in [-0.4, -0.2) is 24.5 Å². The number of esters is 1. The Labute approximate surface area is 157 Å². The summed E-state index contributed by atoms with van der Waals surface area (Å²) in [6.45, 7) is 4.10. The van der Waals surface area contributed by atoms with Crippen LogP contribution in [0.1, 0.15) is 38.2 Å². The van der Waals surface area contributed by atoms with Crippen molar-refractivity contribution in [3.05, 3.63) is 45.5 Å². The van der Waals surface area contributed by atoms with Crippen molar-refractivity contribution in [2.45, 2.75) is 32.6 Å². The third-order valence-electron chi connectivity index (χ3n) is 4.08. The topological polar surface area (TPSA) is 62.5 Å². The number of thioether (sulfide) groups is 1. The lowest BCUT2D eigenvalue weighted by molar-refractivity contribution is -0.146. The third-order valence-corrected chi connectivity index (χ3v) is 5.12. The fourth-order valence-electron chi connectivity index (χ4n) is 3.06. The van der Waals surface area contributed by atoms with Gasteiger partial charge in [-0.2, -0.15) is 5.26 Å². The van der Waals surface area contributed by atoms with Crippen molar-refractivity contribution >= 4 is 35.0 Å². The number of nitrogens with zero attached hydrogens (tertiary/aromatic N) is 2. The van der Waals surface area contributed by atoms with Crippen molar-refractivity contribution < 1.29 is 9.53 Å². The number of carbonyl (C=O) groups excluding carboxylic acids is 1. The van der Waals surface area contributed by atoms with Crippen molar-refractivity contribution in [3.63, 3.8) is 0 Å². The predicted molar refractivity (Wildman–Crippen MR) is 103 cm³/mol. The Hall–Kier alpha value is -1.77. The number of hydrogen-bond donors (Lipinski definition) is 0. The number of rotatable bonds is 6. The van der Waals surface area contributed by atoms with E-state index in [1.807, 2.05) is 31.4 Å². The van der Waals surface area contributed by atoms with E-state index in [0.717, 1.165) is 17.7 Å². The molecule has 1 heterocycles. The van der Waals surface area contributed by atoms with E-state index in [0.29, 0.717) is 22.0 Å². The molecular weight excluding hydrogens is 356 g/mol. The molecule has 25 heavy (non-hydrogen) atoms. The summed E-state index contributed by atoms with van der Waals surface area (Å²) in [4.78, 5) is 17.4. The van der Waals surface area contributed by atoms with Crippen LogP contribution in [0.4, 0.5) is 0 Å². The van der Waals surface area contributed by atoms with Crippen molar-refractivity contribution in [1.29, 1.82) is 5.26 Å². The van der Waals surface area contributed by atoms with E-state index in [-0.39, 0.29) is 12.6 Å². The first-order chi connectivity index (χ1) is 12.1. The average Bonchev–Trinajstić information content (AvgIpc) is 2.61. The number of allylic oxidation sites excluding steroid dienone is 1. The lowest BCUT2D eigenvalue weighted by Gasteiger charge is -2.31. The third kappa shape index (κ3) is 4.08. The van der Waals surface area contributed by atoms with Gasteiger partial charge in [0.25, 0.3) is 0 Å². The molecule has 0 saturated heterocycles. The summed E-state index contributed by atoms with van der Waals surface area (Å²) in [5.74, 6) is -1.45. The predicted octanol–water partition coefficient (Wildman–Crippen LogP) is 4.96. The van der Waals surface area contributed by atoms with Gasteiger partial charge in [-0.05, 0) is 31.2 Å². The molecule has 132 valence electrons. The van der Waals surface area contributed by atoms with Crippen molar-refractivity contribution in [2.24, 2.45) is 10.9 Å². The number of hydrogen-bond acceptors (Lipinski definition) is 5. The molecule has 2 atom stereocenters. The minimum absolute atomic E-state index is 0.283. The molecule has 0 bridgehead atoms. The molecule has 4 nitrogen and oxygen atoms in total. The van der Waals surface area contributed by atoms with Gasteiger partial charge in [0.2, 0.25) is 0 Å². The smallest absolute Gasteiger partial charge is 0.315 e. The van der Waals surface area contributed by atoms with Gasteiger partial charge in [-0.15, -0.1) is 11.8 Å². The monoisotopic (exact) mass is 376 g/mol. The first-order valence-corrected chi connectivity index (χ1v) is 9.85. The zero-order valence-corrected chi connectivity index (χ0v) is 16.2. The summed E-state index contributed by atoms with van der Waals surface area (Å²) < 4.78 is 5.31. The Balaban J connectivity index is 2.69. The maximum Gasteiger partial charge on any atom is 0.315 e. The molecule has 0 saturated carbocycles. The first-order valence-electron chi connectivity index (χ1n) is 8.25. The van der Waals surface area contributed by atoms with Crippen LogP contribution in [0.2, 0.25) is 5.02 Å². The highest BCUT2D eigenvalue weighted by Gasteiger charge is 2.42. The summed E-state index contributed by atoms with van der Waals surface area (Å²) in [7, 11) is 0. The number of nitriles is 1. The van der Waals surface area contributed by atoms with Crippen LogP contribution in [0.15, 0.2) is 39.9 Å². The Kier molecular flexibility index (Phi) is 7.10. The quantitative estimate of drug-likeness (QED) is 0.658. The summed E-state index contributed by atoms with van der Waals surface area (Å²) >= 11 is 7.83. The lowest BCUT2D eigenvalue weighted by Crippen LogP contribution is -2.35. The van der Waals surface area contributed by atoms with E-state index in [9.17, 15) is 10.1 Å². The number of ether oxygens (including phenoxy) is 1. The average molecular weight is 377 g/mol. The van der Waals surface area contributed by atoms with Gasteiger partial charge in [0.05, 0.1) is 18.2 Å². The Morgan fingerprint density at radius 1 is 1.40 bits per heavy atom. The standard InChI is InChI=1S/C19H21ClN2O2S/c1-4-8-15-17(19(23)24-5-2)16(12-9-6-7-10-14(12)20)13(11-21)18(22-15)25-3/h6-7,9-10,16-17H,4-5,8H2,1-3H3/t16-,17?/m0/s1. The zero-order valence-electron chi connectivity index (χ0n) is 14.6. The van der Waals surface area contributed by atoms with Gasteiger partial charge in [0.1, 0.15) is 10.9 Å². The van der Waals surface area contributed by atoms with Gasteiger partial charge in [-0.25, -0.2) is 4.99 Å². The molecule has 1 unspecified atom stereocenters. The van der Waals surface area contributed by atoms with Crippen LogP contribution < -0.4 is 0 Å². The molecule has 0 N–H and O–H groups in total. The highest BCUT2D eigenvalue weighted by atomic mass is 35.5. The van der Waals surface area contributed by atoms with Crippen LogP contribution in [0.25, 0.3) is 0 Å². The van der Waals surface area contributed by atoms with E-state index in [1.165, 1.54) is 11.8 Å². The summed E-state index contributed by atoms with van der Waals surface area (Å²) in [5, 5.41) is 11.0. The van der Waals surface area contributed by atoms with E-state index in [1.54, 1.807) is 13.0 Å². The summed E-state index contributed by atoms with van der Waals surface area (Å²) in [6.07, 6.45) is 3.41. The molecule has 1 aliphatic heterocycles. The van der Waals surface area contributed by atoms with E-state index in [2.05, 4.69) is 11.1 Å². The Morgan fingerprint density at radius 3 is 2.68 bits per heavy atom. The first kappa shape index (κ1) is 19.6. The van der Waals surface area contributed by atoms with Gasteiger partial charge in [0, 0.05) is 16.7 Å². The number of halogens is 1. The molecule has 6 heteroatoms. The highest BCUT2D eigenvalue weighted by Crippen LogP contribution is 2.44. The van der Waals surface area contributed by atoms with Crippen molar-refractivity contribution in [2.75, 3.05) is 12.9 Å². The second-order valence-corrected chi connectivity index (χ2v) is 6.82. The van der Waals surface area contributed by atoms with Crippen LogP contribution in [-0.2, 0) is 9.53 Å². The van der Waals surface area contributed by atoms with Crippen LogP contribution >= 0.6 is 23.4 Å². The molecule has 1 aromatic carbocycles. The second kappa shape index (κ2) is 9.07. The molecule has 0 amide bonds. The minimum atomic E-state index is -0.620. The summed E-state index contributed by atoms with van der Waals surface area (Å²) in [5.41, 5.74) is 1.99. The molecule has 1 aliphatic rings. The molecular formula is C19H21ClN2O2S. The van der Waals surface area contributed by atoms with Gasteiger partial charge in [0.15, 0.2) is 0 Å². The maximum atomic E-state index is 12.7. The zero-order chi connectivity index (χ0) is 18.4. The van der Waals surface area contributed by atoms with Crippen LogP contribution in [0.3, 0.4) is 0 Å². The fraction of sp³-hybridized carbons (Fsp3) is 0.421. The van der Waals surface area contributed by atoms with Crippen molar-refractivity contribution in [1.82, 2.24) is 0 Å². The second-order valence-electron chi connectivity index (χ2n) is 5.62. The number of aliphatic imine (C=N–C) groups is 1. The normalized spacial score (nSPS) is 20.0. The molecule has 1 aromatic rings. The molecule has 2 rings (SSSR count). The highest BCUT2D eigenvalue weighted by molar-refractivity contribution is 8.02. The van der Waals surface area contributed by atoms with Gasteiger partial charge >= 0.3 is 5.97 Å². The van der Waals surface area contributed by atoms with Gasteiger partial charge in [-0.3, -0.25) is 4.79 Å².